The highest BCUT2D eigenvalue weighted by Gasteiger charge is 2.21. The Kier molecular flexibility index (Phi) is 4.64. The highest BCUT2D eigenvalue weighted by atomic mass is 35.5. The third kappa shape index (κ3) is 3.85. The maximum atomic E-state index is 12.8. The van der Waals surface area contributed by atoms with Crippen LogP contribution in [0.15, 0.2) is 24.3 Å². The molecule has 0 spiro atoms. The molecular formula is C13H12ClFN4O2. The summed E-state index contributed by atoms with van der Waals surface area (Å²) in [5.41, 5.74) is 0.909. The highest BCUT2D eigenvalue weighted by Crippen LogP contribution is 2.26. The van der Waals surface area contributed by atoms with Crippen LogP contribution in [0, 0.1) is 22.9 Å². The van der Waals surface area contributed by atoms with E-state index >= 15 is 0 Å². The Morgan fingerprint density at radius 1 is 1.33 bits per heavy atom. The largest absolute Gasteiger partial charge is 0.364 e. The first-order valence-corrected chi connectivity index (χ1v) is 6.52. The molecule has 21 heavy (non-hydrogen) atoms. The number of hydrogen-bond acceptors (Lipinski definition) is 5. The Morgan fingerprint density at radius 2 is 2.00 bits per heavy atom. The van der Waals surface area contributed by atoms with Gasteiger partial charge in [-0.2, -0.15) is 4.98 Å². The van der Waals surface area contributed by atoms with Crippen LogP contribution in [0.3, 0.4) is 0 Å². The van der Waals surface area contributed by atoms with E-state index in [-0.39, 0.29) is 28.3 Å². The van der Waals surface area contributed by atoms with Crippen molar-refractivity contribution < 1.29 is 9.31 Å². The summed E-state index contributed by atoms with van der Waals surface area (Å²) in [5.74, 6) is -0.222. The van der Waals surface area contributed by atoms with Crippen molar-refractivity contribution in [3.63, 3.8) is 0 Å². The summed E-state index contributed by atoms with van der Waals surface area (Å²) in [6.07, 6.45) is 0.568. The summed E-state index contributed by atoms with van der Waals surface area (Å²) in [6.45, 7) is 1.90. The van der Waals surface area contributed by atoms with E-state index in [9.17, 15) is 14.5 Å². The lowest BCUT2D eigenvalue weighted by atomic mass is 10.1. The van der Waals surface area contributed by atoms with Gasteiger partial charge in [0.05, 0.1) is 4.92 Å². The lowest BCUT2D eigenvalue weighted by Gasteiger charge is -2.08. The Bertz CT molecular complexity index is 664. The van der Waals surface area contributed by atoms with Gasteiger partial charge in [-0.25, -0.2) is 9.37 Å². The second-order valence-corrected chi connectivity index (χ2v) is 4.67. The average molecular weight is 311 g/mol. The predicted octanol–water partition coefficient (Wildman–Crippen LogP) is 3.14. The number of aromatic nitrogens is 2. The maximum Gasteiger partial charge on any atom is 0.332 e. The fraction of sp³-hybridized carbons (Fsp3) is 0.231. The van der Waals surface area contributed by atoms with Crippen molar-refractivity contribution in [3.8, 4) is 0 Å². The summed E-state index contributed by atoms with van der Waals surface area (Å²) in [7, 11) is 0. The molecule has 0 unspecified atom stereocenters. The van der Waals surface area contributed by atoms with Crippen molar-refractivity contribution in [1.29, 1.82) is 0 Å². The number of nitro groups is 1. The molecule has 1 heterocycles. The Labute approximate surface area is 125 Å². The van der Waals surface area contributed by atoms with E-state index < -0.39 is 4.92 Å². The molecule has 1 aromatic heterocycles. The van der Waals surface area contributed by atoms with Crippen LogP contribution in [0.5, 0.6) is 0 Å². The zero-order valence-electron chi connectivity index (χ0n) is 11.1. The summed E-state index contributed by atoms with van der Waals surface area (Å²) in [5, 5.41) is 13.8. The van der Waals surface area contributed by atoms with Gasteiger partial charge >= 0.3 is 5.69 Å². The second-order valence-electron chi connectivity index (χ2n) is 4.34. The SMILES string of the molecule is Cc1nc(Cl)nc(NCCc2ccc(F)cc2)c1[N+](=O)[O-]. The maximum absolute atomic E-state index is 12.8. The van der Waals surface area contributed by atoms with Crippen molar-refractivity contribution in [3.05, 3.63) is 56.7 Å². The fourth-order valence-corrected chi connectivity index (χ4v) is 2.06. The molecule has 0 atom stereocenters. The molecule has 1 aromatic carbocycles. The van der Waals surface area contributed by atoms with Gasteiger partial charge in [0, 0.05) is 6.54 Å². The van der Waals surface area contributed by atoms with Crippen LogP contribution >= 0.6 is 11.6 Å². The number of halogens is 2. The molecule has 0 amide bonds. The van der Waals surface area contributed by atoms with Crippen LogP contribution in [-0.4, -0.2) is 21.4 Å². The highest BCUT2D eigenvalue weighted by molar-refractivity contribution is 6.28. The molecular weight excluding hydrogens is 299 g/mol. The lowest BCUT2D eigenvalue weighted by molar-refractivity contribution is -0.385. The third-order valence-corrected chi connectivity index (χ3v) is 3.00. The molecule has 110 valence electrons. The van der Waals surface area contributed by atoms with Crippen LogP contribution in [0.4, 0.5) is 15.9 Å². The second kappa shape index (κ2) is 6.45. The normalized spacial score (nSPS) is 10.4. The zero-order chi connectivity index (χ0) is 15.4. The van der Waals surface area contributed by atoms with Crippen molar-refractivity contribution in [1.82, 2.24) is 9.97 Å². The Balaban J connectivity index is 2.09. The van der Waals surface area contributed by atoms with E-state index in [2.05, 4.69) is 15.3 Å². The van der Waals surface area contributed by atoms with Gasteiger partial charge in [0.15, 0.2) is 0 Å². The number of nitrogens with zero attached hydrogens (tertiary/aromatic N) is 3. The van der Waals surface area contributed by atoms with Crippen LogP contribution < -0.4 is 5.32 Å². The molecule has 0 saturated carbocycles. The molecule has 0 radical (unpaired) electrons. The summed E-state index contributed by atoms with van der Waals surface area (Å²) < 4.78 is 12.8. The summed E-state index contributed by atoms with van der Waals surface area (Å²) >= 11 is 5.71. The minimum Gasteiger partial charge on any atom is -0.364 e. The van der Waals surface area contributed by atoms with Crippen molar-refractivity contribution in [2.45, 2.75) is 13.3 Å². The average Bonchev–Trinajstić information content (AvgIpc) is 2.39. The number of anilines is 1. The van der Waals surface area contributed by atoms with Gasteiger partial charge in [0.25, 0.3) is 0 Å². The van der Waals surface area contributed by atoms with Crippen LogP contribution in [0.2, 0.25) is 5.28 Å². The molecule has 0 aliphatic carbocycles. The predicted molar refractivity (Wildman–Crippen MR) is 77.0 cm³/mol. The van der Waals surface area contributed by atoms with Gasteiger partial charge in [0.1, 0.15) is 11.5 Å². The smallest absolute Gasteiger partial charge is 0.332 e. The minimum absolute atomic E-state index is 0.0533. The summed E-state index contributed by atoms with van der Waals surface area (Å²) in [4.78, 5) is 18.1. The molecule has 0 fully saturated rings. The van der Waals surface area contributed by atoms with Gasteiger partial charge in [-0.15, -0.1) is 0 Å². The molecule has 0 aliphatic heterocycles. The third-order valence-electron chi connectivity index (χ3n) is 2.83. The summed E-state index contributed by atoms with van der Waals surface area (Å²) in [6, 6.07) is 6.04. The van der Waals surface area contributed by atoms with E-state index in [0.717, 1.165) is 5.56 Å². The minimum atomic E-state index is -0.550. The number of benzene rings is 1. The topological polar surface area (TPSA) is 81.0 Å². The Morgan fingerprint density at radius 3 is 2.62 bits per heavy atom. The Hall–Kier alpha value is -2.28. The molecule has 0 bridgehead atoms. The first-order chi connectivity index (χ1) is 9.97. The molecule has 2 rings (SSSR count). The monoisotopic (exact) mass is 310 g/mol. The van der Waals surface area contributed by atoms with E-state index in [1.54, 1.807) is 12.1 Å². The number of hydrogen-bond donors (Lipinski definition) is 1. The van der Waals surface area contributed by atoms with Crippen molar-refractivity contribution in [2.75, 3.05) is 11.9 Å². The molecule has 8 heteroatoms. The van der Waals surface area contributed by atoms with Crippen LogP contribution in [0.1, 0.15) is 11.3 Å². The van der Waals surface area contributed by atoms with Crippen LogP contribution in [0.25, 0.3) is 0 Å². The van der Waals surface area contributed by atoms with E-state index in [1.165, 1.54) is 19.1 Å². The van der Waals surface area contributed by atoms with Gasteiger partial charge in [0.2, 0.25) is 11.1 Å². The first kappa shape index (κ1) is 15.1. The molecule has 6 nitrogen and oxygen atoms in total. The van der Waals surface area contributed by atoms with Crippen molar-refractivity contribution in [2.24, 2.45) is 0 Å². The van der Waals surface area contributed by atoms with Gasteiger partial charge in [-0.1, -0.05) is 12.1 Å². The molecule has 2 aromatic rings. The lowest BCUT2D eigenvalue weighted by Crippen LogP contribution is -2.10. The zero-order valence-corrected chi connectivity index (χ0v) is 11.9. The van der Waals surface area contributed by atoms with Gasteiger partial charge in [-0.05, 0) is 42.6 Å². The van der Waals surface area contributed by atoms with E-state index in [4.69, 9.17) is 11.6 Å². The van der Waals surface area contributed by atoms with Crippen LogP contribution in [-0.2, 0) is 6.42 Å². The first-order valence-electron chi connectivity index (χ1n) is 6.14. The standard InChI is InChI=1S/C13H12ClFN4O2/c1-8-11(19(20)21)12(18-13(14)17-8)16-7-6-9-2-4-10(15)5-3-9/h2-5H,6-7H2,1H3,(H,16,17,18). The van der Waals surface area contributed by atoms with Gasteiger partial charge in [-0.3, -0.25) is 10.1 Å². The van der Waals surface area contributed by atoms with E-state index in [1.807, 2.05) is 0 Å². The number of aryl methyl sites for hydroxylation is 1. The number of rotatable bonds is 5. The van der Waals surface area contributed by atoms with Crippen molar-refractivity contribution >= 4 is 23.1 Å². The quantitative estimate of drug-likeness (QED) is 0.521. The van der Waals surface area contributed by atoms with E-state index in [0.29, 0.717) is 13.0 Å². The fourth-order valence-electron chi connectivity index (χ4n) is 1.85. The van der Waals surface area contributed by atoms with Gasteiger partial charge < -0.3 is 5.32 Å². The number of nitrogens with one attached hydrogen (secondary N) is 1. The molecule has 1 N–H and O–H groups in total. The molecule has 0 aliphatic rings. The molecule has 0 saturated heterocycles.